The lowest BCUT2D eigenvalue weighted by Gasteiger charge is -2.20. The van der Waals surface area contributed by atoms with E-state index in [0.29, 0.717) is 0 Å². The van der Waals surface area contributed by atoms with E-state index in [2.05, 4.69) is 4.90 Å². The summed E-state index contributed by atoms with van der Waals surface area (Å²) < 4.78 is 10.6. The van der Waals surface area contributed by atoms with Gasteiger partial charge in [-0.05, 0) is 18.6 Å². The van der Waals surface area contributed by atoms with Crippen LogP contribution < -0.4 is 0 Å². The molecule has 0 bridgehead atoms. The number of nitrogens with zero attached hydrogens (tertiary/aromatic N) is 1. The molecule has 2 atom stereocenters. The molecule has 0 unspecified atom stereocenters. The lowest BCUT2D eigenvalue weighted by molar-refractivity contribution is 0.106. The van der Waals surface area contributed by atoms with Crippen LogP contribution in [0, 0.1) is 0 Å². The topological polar surface area (TPSA) is 45.8 Å². The first-order chi connectivity index (χ1) is 7.33. The van der Waals surface area contributed by atoms with E-state index in [1.165, 1.54) is 0 Å². The van der Waals surface area contributed by atoms with Gasteiger partial charge in [-0.25, -0.2) is 0 Å². The van der Waals surface area contributed by atoms with Crippen LogP contribution in [-0.2, 0) is 11.3 Å². The SMILES string of the molecule is CO[C@H]1C[C@@H](CO)N(Cc2ccco2)C1. The fourth-order valence-electron chi connectivity index (χ4n) is 2.09. The second-order valence-corrected chi connectivity index (χ2v) is 3.94. The molecular weight excluding hydrogens is 194 g/mol. The Hall–Kier alpha value is -0.840. The molecule has 1 aromatic rings. The number of ether oxygens (including phenoxy) is 1. The lowest BCUT2D eigenvalue weighted by atomic mass is 10.2. The van der Waals surface area contributed by atoms with Crippen molar-refractivity contribution in [1.29, 1.82) is 0 Å². The van der Waals surface area contributed by atoms with Gasteiger partial charge in [-0.2, -0.15) is 0 Å². The van der Waals surface area contributed by atoms with Gasteiger partial charge in [0.1, 0.15) is 5.76 Å². The van der Waals surface area contributed by atoms with Gasteiger partial charge in [0.05, 0.1) is 25.5 Å². The highest BCUT2D eigenvalue weighted by atomic mass is 16.5. The lowest BCUT2D eigenvalue weighted by Crippen LogP contribution is -2.31. The van der Waals surface area contributed by atoms with Gasteiger partial charge in [0.15, 0.2) is 0 Å². The Bertz CT molecular complexity index is 286. The van der Waals surface area contributed by atoms with Gasteiger partial charge in [-0.15, -0.1) is 0 Å². The Kier molecular flexibility index (Phi) is 3.41. The van der Waals surface area contributed by atoms with E-state index in [1.54, 1.807) is 13.4 Å². The maximum Gasteiger partial charge on any atom is 0.117 e. The predicted octanol–water partition coefficient (Wildman–Crippen LogP) is 0.861. The average Bonchev–Trinajstić information content (AvgIpc) is 2.87. The van der Waals surface area contributed by atoms with E-state index in [1.807, 2.05) is 12.1 Å². The summed E-state index contributed by atoms with van der Waals surface area (Å²) in [6.07, 6.45) is 2.80. The summed E-state index contributed by atoms with van der Waals surface area (Å²) in [6, 6.07) is 4.03. The van der Waals surface area contributed by atoms with Crippen LogP contribution in [0.1, 0.15) is 12.2 Å². The van der Waals surface area contributed by atoms with E-state index in [9.17, 15) is 5.11 Å². The summed E-state index contributed by atoms with van der Waals surface area (Å²) in [7, 11) is 1.72. The number of methoxy groups -OCH3 is 1. The van der Waals surface area contributed by atoms with Crippen molar-refractivity contribution in [3.05, 3.63) is 24.2 Å². The number of hydrogen-bond donors (Lipinski definition) is 1. The molecule has 0 saturated carbocycles. The van der Waals surface area contributed by atoms with Gasteiger partial charge < -0.3 is 14.3 Å². The van der Waals surface area contributed by atoms with E-state index in [-0.39, 0.29) is 18.8 Å². The monoisotopic (exact) mass is 211 g/mol. The summed E-state index contributed by atoms with van der Waals surface area (Å²) in [6.45, 7) is 1.79. The summed E-state index contributed by atoms with van der Waals surface area (Å²) in [4.78, 5) is 2.20. The fraction of sp³-hybridized carbons (Fsp3) is 0.636. The number of rotatable bonds is 4. The number of aliphatic hydroxyl groups is 1. The Balaban J connectivity index is 1.96. The van der Waals surface area contributed by atoms with Crippen LogP contribution in [0.3, 0.4) is 0 Å². The molecule has 1 aromatic heterocycles. The summed E-state index contributed by atoms with van der Waals surface area (Å²) in [5.41, 5.74) is 0. The van der Waals surface area contributed by atoms with Gasteiger partial charge in [0, 0.05) is 19.7 Å². The summed E-state index contributed by atoms with van der Waals surface area (Å²) in [5.74, 6) is 0.935. The Morgan fingerprint density at radius 3 is 3.13 bits per heavy atom. The van der Waals surface area contributed by atoms with Crippen LogP contribution in [0.4, 0.5) is 0 Å². The van der Waals surface area contributed by atoms with Crippen LogP contribution >= 0.6 is 0 Å². The standard InChI is InChI=1S/C11H17NO3/c1-14-11-5-9(8-13)12(7-11)6-10-3-2-4-15-10/h2-4,9,11,13H,5-8H2,1H3/t9-,11-/m0/s1. The first kappa shape index (κ1) is 10.7. The molecule has 1 fully saturated rings. The third kappa shape index (κ3) is 2.40. The molecule has 4 heteroatoms. The normalized spacial score (nSPS) is 27.3. The van der Waals surface area contributed by atoms with Crippen LogP contribution in [0.25, 0.3) is 0 Å². The van der Waals surface area contributed by atoms with E-state index in [0.717, 1.165) is 25.3 Å². The molecule has 84 valence electrons. The molecule has 2 heterocycles. The first-order valence-electron chi connectivity index (χ1n) is 5.23. The van der Waals surface area contributed by atoms with E-state index >= 15 is 0 Å². The number of hydrogen-bond acceptors (Lipinski definition) is 4. The smallest absolute Gasteiger partial charge is 0.117 e. The zero-order valence-electron chi connectivity index (χ0n) is 8.93. The summed E-state index contributed by atoms with van der Waals surface area (Å²) >= 11 is 0. The highest BCUT2D eigenvalue weighted by Gasteiger charge is 2.31. The van der Waals surface area contributed by atoms with Crippen molar-refractivity contribution < 1.29 is 14.3 Å². The zero-order chi connectivity index (χ0) is 10.7. The zero-order valence-corrected chi connectivity index (χ0v) is 8.93. The first-order valence-corrected chi connectivity index (χ1v) is 5.23. The van der Waals surface area contributed by atoms with E-state index in [4.69, 9.17) is 9.15 Å². The molecule has 0 radical (unpaired) electrons. The molecule has 0 amide bonds. The van der Waals surface area contributed by atoms with Crippen LogP contribution in [0.2, 0.25) is 0 Å². The van der Waals surface area contributed by atoms with Gasteiger partial charge >= 0.3 is 0 Å². The van der Waals surface area contributed by atoms with E-state index < -0.39 is 0 Å². The average molecular weight is 211 g/mol. The molecule has 1 saturated heterocycles. The maximum atomic E-state index is 9.25. The van der Waals surface area contributed by atoms with Crippen molar-refractivity contribution in [2.24, 2.45) is 0 Å². The van der Waals surface area contributed by atoms with Crippen LogP contribution in [0.5, 0.6) is 0 Å². The molecule has 0 aromatic carbocycles. The van der Waals surface area contributed by atoms with Gasteiger partial charge in [0.2, 0.25) is 0 Å². The van der Waals surface area contributed by atoms with Crippen molar-refractivity contribution in [2.75, 3.05) is 20.3 Å². The van der Waals surface area contributed by atoms with Crippen molar-refractivity contribution in [3.63, 3.8) is 0 Å². The predicted molar refractivity (Wildman–Crippen MR) is 55.4 cm³/mol. The van der Waals surface area contributed by atoms with Gasteiger partial charge in [0.25, 0.3) is 0 Å². The molecule has 1 aliphatic heterocycles. The Morgan fingerprint density at radius 2 is 2.53 bits per heavy atom. The van der Waals surface area contributed by atoms with Crippen molar-refractivity contribution >= 4 is 0 Å². The fourth-order valence-corrected chi connectivity index (χ4v) is 2.09. The highest BCUT2D eigenvalue weighted by molar-refractivity contribution is 5.00. The number of aliphatic hydroxyl groups excluding tert-OH is 1. The minimum Gasteiger partial charge on any atom is -0.468 e. The molecule has 0 aliphatic carbocycles. The molecule has 4 nitrogen and oxygen atoms in total. The van der Waals surface area contributed by atoms with Crippen LogP contribution in [0.15, 0.2) is 22.8 Å². The highest BCUT2D eigenvalue weighted by Crippen LogP contribution is 2.21. The summed E-state index contributed by atoms with van der Waals surface area (Å²) in [5, 5.41) is 9.25. The molecule has 1 aliphatic rings. The molecule has 1 N–H and O–H groups in total. The molecule has 15 heavy (non-hydrogen) atoms. The minimum absolute atomic E-state index is 0.181. The van der Waals surface area contributed by atoms with Gasteiger partial charge in [-0.1, -0.05) is 0 Å². The molecular formula is C11H17NO3. The minimum atomic E-state index is 0.181. The van der Waals surface area contributed by atoms with Crippen LogP contribution in [-0.4, -0.2) is 42.4 Å². The number of furan rings is 1. The maximum absolute atomic E-state index is 9.25. The van der Waals surface area contributed by atoms with Crippen molar-refractivity contribution in [3.8, 4) is 0 Å². The third-order valence-corrected chi connectivity index (χ3v) is 2.97. The molecule has 2 rings (SSSR count). The quantitative estimate of drug-likeness (QED) is 0.802. The van der Waals surface area contributed by atoms with Crippen molar-refractivity contribution in [2.45, 2.75) is 25.1 Å². The Morgan fingerprint density at radius 1 is 1.67 bits per heavy atom. The van der Waals surface area contributed by atoms with Crippen molar-refractivity contribution in [1.82, 2.24) is 4.90 Å². The number of likely N-dealkylation sites (tertiary alicyclic amines) is 1. The molecule has 0 spiro atoms. The Labute approximate surface area is 89.4 Å². The van der Waals surface area contributed by atoms with Gasteiger partial charge in [-0.3, -0.25) is 4.90 Å². The second-order valence-electron chi connectivity index (χ2n) is 3.94. The third-order valence-electron chi connectivity index (χ3n) is 2.97. The largest absolute Gasteiger partial charge is 0.468 e. The second kappa shape index (κ2) is 4.79.